The van der Waals surface area contributed by atoms with Crippen LogP contribution in [0.1, 0.15) is 6.92 Å². The van der Waals surface area contributed by atoms with Crippen molar-refractivity contribution in [2.45, 2.75) is 13.3 Å². The quantitative estimate of drug-likeness (QED) is 0.467. The van der Waals surface area contributed by atoms with E-state index < -0.39 is 6.35 Å². The summed E-state index contributed by atoms with van der Waals surface area (Å²) in [5.41, 5.74) is 0.690. The van der Waals surface area contributed by atoms with Crippen LogP contribution in [0, 0.1) is 0 Å². The molecule has 1 aliphatic heterocycles. The lowest BCUT2D eigenvalue weighted by Gasteiger charge is -2.28. The number of allylic oxidation sites excluding steroid dienone is 1. The molecule has 0 spiro atoms. The van der Waals surface area contributed by atoms with Crippen molar-refractivity contribution in [1.29, 1.82) is 0 Å². The first-order chi connectivity index (χ1) is 4.61. The van der Waals surface area contributed by atoms with E-state index in [1.807, 2.05) is 0 Å². The Balaban J connectivity index is 2.79. The lowest BCUT2D eigenvalue weighted by atomic mass is 10.3. The average Bonchev–Trinajstić information content (AvgIpc) is 1.82. The summed E-state index contributed by atoms with van der Waals surface area (Å²) in [7, 11) is 1.53. The van der Waals surface area contributed by atoms with Crippen LogP contribution in [-0.2, 0) is 4.79 Å². The van der Waals surface area contributed by atoms with Gasteiger partial charge in [0.1, 0.15) is 0 Å². The number of aliphatic hydroxyl groups is 1. The summed E-state index contributed by atoms with van der Waals surface area (Å²) in [5, 5.41) is 11.8. The lowest BCUT2D eigenvalue weighted by Crippen LogP contribution is -2.48. The molecular weight excluding hydrogens is 132 g/mol. The van der Waals surface area contributed by atoms with Crippen molar-refractivity contribution >= 4 is 5.91 Å². The van der Waals surface area contributed by atoms with Crippen LogP contribution in [0.15, 0.2) is 11.8 Å². The molecule has 1 atom stereocenters. The third-order valence-corrected chi connectivity index (χ3v) is 1.41. The molecule has 4 heteroatoms. The molecule has 0 radical (unpaired) electrons. The van der Waals surface area contributed by atoms with Gasteiger partial charge in [0.15, 0.2) is 0 Å². The first-order valence-electron chi connectivity index (χ1n) is 3.01. The molecule has 1 rings (SSSR count). The Kier molecular flexibility index (Phi) is 1.63. The fourth-order valence-electron chi connectivity index (χ4n) is 0.750. The van der Waals surface area contributed by atoms with Gasteiger partial charge in [0.25, 0.3) is 5.91 Å². The highest BCUT2D eigenvalue weighted by atomic mass is 16.3. The van der Waals surface area contributed by atoms with E-state index in [-0.39, 0.29) is 5.91 Å². The van der Waals surface area contributed by atoms with Gasteiger partial charge in [0.2, 0.25) is 6.35 Å². The van der Waals surface area contributed by atoms with Gasteiger partial charge in [-0.05, 0) is 6.92 Å². The third kappa shape index (κ3) is 1.11. The number of hydrogen-bond donors (Lipinski definition) is 2. The highest BCUT2D eigenvalue weighted by Gasteiger charge is 2.19. The number of aliphatic hydroxyl groups excluding tert-OH is 1. The van der Waals surface area contributed by atoms with Gasteiger partial charge in [-0.15, -0.1) is 0 Å². The number of rotatable bonds is 0. The molecule has 0 aliphatic carbocycles. The second-order valence-corrected chi connectivity index (χ2v) is 2.29. The minimum absolute atomic E-state index is 0.177. The molecule has 0 unspecified atom stereocenters. The Labute approximate surface area is 59.1 Å². The predicted octanol–water partition coefficient (Wildman–Crippen LogP) is -0.772. The predicted molar refractivity (Wildman–Crippen MR) is 35.7 cm³/mol. The van der Waals surface area contributed by atoms with Crippen molar-refractivity contribution in [2.24, 2.45) is 0 Å². The molecule has 1 aliphatic rings. The topological polar surface area (TPSA) is 52.6 Å². The van der Waals surface area contributed by atoms with Gasteiger partial charge in [-0.25, -0.2) is 0 Å². The second-order valence-electron chi connectivity index (χ2n) is 2.29. The number of likely N-dealkylation sites (N-methyl/N-ethyl adjacent to an activating group) is 1. The molecule has 0 aromatic heterocycles. The van der Waals surface area contributed by atoms with Gasteiger partial charge >= 0.3 is 0 Å². The second kappa shape index (κ2) is 2.30. The number of hydrogen-bond acceptors (Lipinski definition) is 3. The van der Waals surface area contributed by atoms with E-state index in [4.69, 9.17) is 5.11 Å². The summed E-state index contributed by atoms with van der Waals surface area (Å²) < 4.78 is 0. The standard InChI is InChI=1S/C6H10N2O2/c1-4-3-5(9)8(2)6(10)7-4/h3,6-7,10H,1-2H3/t6-/m0/s1. The number of nitrogens with one attached hydrogen (secondary N) is 1. The summed E-state index contributed by atoms with van der Waals surface area (Å²) in [6.45, 7) is 1.73. The maximum Gasteiger partial charge on any atom is 0.251 e. The van der Waals surface area contributed by atoms with Crippen molar-refractivity contribution < 1.29 is 9.90 Å². The van der Waals surface area contributed by atoms with Crippen molar-refractivity contribution in [1.82, 2.24) is 10.2 Å². The molecule has 10 heavy (non-hydrogen) atoms. The number of amides is 1. The van der Waals surface area contributed by atoms with Crippen molar-refractivity contribution in [3.63, 3.8) is 0 Å². The fourth-order valence-corrected chi connectivity index (χ4v) is 0.750. The Hall–Kier alpha value is -1.03. The minimum atomic E-state index is -0.877. The van der Waals surface area contributed by atoms with Gasteiger partial charge in [-0.3, -0.25) is 9.69 Å². The van der Waals surface area contributed by atoms with Crippen molar-refractivity contribution in [3.05, 3.63) is 11.8 Å². The van der Waals surface area contributed by atoms with E-state index in [2.05, 4.69) is 5.32 Å². The first kappa shape index (κ1) is 7.08. The summed E-state index contributed by atoms with van der Waals surface area (Å²) in [6.07, 6.45) is 0.560. The van der Waals surface area contributed by atoms with Gasteiger partial charge in [-0.1, -0.05) is 0 Å². The zero-order chi connectivity index (χ0) is 7.72. The molecule has 56 valence electrons. The van der Waals surface area contributed by atoms with Crippen LogP contribution >= 0.6 is 0 Å². The molecule has 1 heterocycles. The van der Waals surface area contributed by atoms with E-state index in [1.165, 1.54) is 18.0 Å². The monoisotopic (exact) mass is 142 g/mol. The number of nitrogens with zero attached hydrogens (tertiary/aromatic N) is 1. The van der Waals surface area contributed by atoms with Gasteiger partial charge < -0.3 is 10.4 Å². The average molecular weight is 142 g/mol. The first-order valence-corrected chi connectivity index (χ1v) is 3.01. The molecular formula is C6H10N2O2. The molecule has 0 saturated heterocycles. The Bertz CT molecular complexity index is 188. The number of carbonyl (C=O) groups excluding carboxylic acids is 1. The van der Waals surface area contributed by atoms with E-state index >= 15 is 0 Å². The van der Waals surface area contributed by atoms with Crippen LogP contribution < -0.4 is 5.32 Å². The maximum atomic E-state index is 10.9. The fraction of sp³-hybridized carbons (Fsp3) is 0.500. The van der Waals surface area contributed by atoms with Crippen LogP contribution in [0.3, 0.4) is 0 Å². The van der Waals surface area contributed by atoms with E-state index in [1.54, 1.807) is 6.92 Å². The minimum Gasteiger partial charge on any atom is -0.356 e. The zero-order valence-electron chi connectivity index (χ0n) is 5.96. The molecule has 0 aromatic carbocycles. The van der Waals surface area contributed by atoms with Crippen LogP contribution in [0.2, 0.25) is 0 Å². The van der Waals surface area contributed by atoms with E-state index in [0.717, 1.165) is 0 Å². The molecule has 0 fully saturated rings. The highest BCUT2D eigenvalue weighted by Crippen LogP contribution is 2.02. The van der Waals surface area contributed by atoms with Gasteiger partial charge in [0.05, 0.1) is 0 Å². The summed E-state index contributed by atoms with van der Waals surface area (Å²) in [5.74, 6) is -0.177. The third-order valence-electron chi connectivity index (χ3n) is 1.41. The summed E-state index contributed by atoms with van der Waals surface area (Å²) in [4.78, 5) is 12.1. The zero-order valence-corrected chi connectivity index (χ0v) is 5.96. The molecule has 0 saturated carbocycles. The van der Waals surface area contributed by atoms with Crippen molar-refractivity contribution in [2.75, 3.05) is 7.05 Å². The smallest absolute Gasteiger partial charge is 0.251 e. The summed E-state index contributed by atoms with van der Waals surface area (Å²) in [6, 6.07) is 0. The van der Waals surface area contributed by atoms with E-state index in [0.29, 0.717) is 5.70 Å². The lowest BCUT2D eigenvalue weighted by molar-refractivity contribution is -0.136. The summed E-state index contributed by atoms with van der Waals surface area (Å²) >= 11 is 0. The maximum absolute atomic E-state index is 10.9. The molecule has 0 bridgehead atoms. The Morgan fingerprint density at radius 2 is 2.40 bits per heavy atom. The van der Waals surface area contributed by atoms with E-state index in [9.17, 15) is 4.79 Å². The van der Waals surface area contributed by atoms with Crippen LogP contribution in [0.5, 0.6) is 0 Å². The molecule has 4 nitrogen and oxygen atoms in total. The highest BCUT2D eigenvalue weighted by molar-refractivity contribution is 5.88. The Morgan fingerprint density at radius 1 is 1.80 bits per heavy atom. The van der Waals surface area contributed by atoms with Gasteiger partial charge in [0, 0.05) is 18.8 Å². The van der Waals surface area contributed by atoms with Crippen molar-refractivity contribution in [3.8, 4) is 0 Å². The number of carbonyl (C=O) groups is 1. The van der Waals surface area contributed by atoms with Crippen LogP contribution in [0.25, 0.3) is 0 Å². The van der Waals surface area contributed by atoms with Crippen LogP contribution in [0.4, 0.5) is 0 Å². The van der Waals surface area contributed by atoms with Crippen LogP contribution in [-0.4, -0.2) is 29.3 Å². The van der Waals surface area contributed by atoms with Gasteiger partial charge in [-0.2, -0.15) is 0 Å². The largest absolute Gasteiger partial charge is 0.356 e. The Morgan fingerprint density at radius 3 is 2.90 bits per heavy atom. The molecule has 0 aromatic rings. The normalized spacial score (nSPS) is 25.9. The molecule has 1 amide bonds. The molecule has 2 N–H and O–H groups in total. The SMILES string of the molecule is CC1=CC(=O)N(C)[C@@H](O)N1.